The van der Waals surface area contributed by atoms with Crippen LogP contribution in [0.1, 0.15) is 48.0 Å². The second kappa shape index (κ2) is 10.3. The number of aryl methyl sites for hydroxylation is 1. The number of benzene rings is 1. The number of fused-ring (bicyclic) bond motifs is 2. The SMILES string of the molecule is CSCCC(NC(=O)c1cccc(C)c1)C(=O)NC1CC2CCC(C1)N2.Cl. The largest absolute Gasteiger partial charge is 0.351 e. The number of carbonyl (C=O) groups excluding carboxylic acids is 2. The molecule has 2 saturated heterocycles. The third kappa shape index (κ3) is 6.13. The van der Waals surface area contributed by atoms with Crippen LogP contribution in [-0.2, 0) is 4.79 Å². The van der Waals surface area contributed by atoms with Crippen LogP contribution in [0.25, 0.3) is 0 Å². The molecular formula is C20H30ClN3O2S. The van der Waals surface area contributed by atoms with Crippen LogP contribution in [0, 0.1) is 6.92 Å². The molecule has 3 unspecified atom stereocenters. The van der Waals surface area contributed by atoms with Crippen molar-refractivity contribution in [2.75, 3.05) is 12.0 Å². The van der Waals surface area contributed by atoms with Crippen LogP contribution in [-0.4, -0.2) is 48.0 Å². The molecule has 2 fully saturated rings. The van der Waals surface area contributed by atoms with Crippen LogP contribution < -0.4 is 16.0 Å². The highest BCUT2D eigenvalue weighted by Gasteiger charge is 2.35. The number of amides is 2. The van der Waals surface area contributed by atoms with Gasteiger partial charge in [-0.15, -0.1) is 12.4 Å². The minimum Gasteiger partial charge on any atom is -0.351 e. The van der Waals surface area contributed by atoms with Gasteiger partial charge in [0.25, 0.3) is 5.91 Å². The third-order valence-electron chi connectivity index (χ3n) is 5.33. The van der Waals surface area contributed by atoms with Gasteiger partial charge in [0.15, 0.2) is 0 Å². The van der Waals surface area contributed by atoms with Gasteiger partial charge in [-0.25, -0.2) is 0 Å². The number of piperidine rings is 1. The standard InChI is InChI=1S/C20H29N3O2S.ClH/c1-13-4-3-5-14(10-13)19(24)23-18(8-9-26-2)20(25)22-17-11-15-6-7-16(12-17)21-15;/h3-5,10,15-18,21H,6-9,11-12H2,1-2H3,(H,22,25)(H,23,24);1H. The Kier molecular flexibility index (Phi) is 8.45. The quantitative estimate of drug-likeness (QED) is 0.645. The maximum Gasteiger partial charge on any atom is 0.251 e. The molecule has 2 amide bonds. The Bertz CT molecular complexity index is 646. The van der Waals surface area contributed by atoms with Crippen LogP contribution >= 0.6 is 24.2 Å². The lowest BCUT2D eigenvalue weighted by Gasteiger charge is -2.31. The van der Waals surface area contributed by atoms with Crippen LogP contribution in [0.5, 0.6) is 0 Å². The fourth-order valence-corrected chi connectivity index (χ4v) is 4.48. The maximum atomic E-state index is 12.8. The first-order valence-corrected chi connectivity index (χ1v) is 10.9. The molecule has 7 heteroatoms. The van der Waals surface area contributed by atoms with E-state index in [0.29, 0.717) is 24.1 Å². The fraction of sp³-hybridized carbons (Fsp3) is 0.600. The summed E-state index contributed by atoms with van der Waals surface area (Å²) in [7, 11) is 0. The second-order valence-electron chi connectivity index (χ2n) is 7.49. The molecule has 0 spiro atoms. The van der Waals surface area contributed by atoms with E-state index in [1.54, 1.807) is 17.8 Å². The molecule has 2 heterocycles. The van der Waals surface area contributed by atoms with Gasteiger partial charge in [0.05, 0.1) is 0 Å². The Morgan fingerprint density at radius 3 is 2.59 bits per heavy atom. The van der Waals surface area contributed by atoms with Crippen LogP contribution in [0.2, 0.25) is 0 Å². The van der Waals surface area contributed by atoms with Gasteiger partial charge in [-0.05, 0) is 63.2 Å². The lowest BCUT2D eigenvalue weighted by molar-refractivity contribution is -0.124. The van der Waals surface area contributed by atoms with E-state index in [2.05, 4.69) is 16.0 Å². The van der Waals surface area contributed by atoms with Crippen LogP contribution in [0.3, 0.4) is 0 Å². The van der Waals surface area contributed by atoms with Gasteiger partial charge in [0.1, 0.15) is 6.04 Å². The predicted octanol–water partition coefficient (Wildman–Crippen LogP) is 2.67. The molecule has 1 aromatic rings. The van der Waals surface area contributed by atoms with Gasteiger partial charge in [0, 0.05) is 23.7 Å². The van der Waals surface area contributed by atoms with E-state index in [0.717, 1.165) is 24.2 Å². The Labute approximate surface area is 172 Å². The molecule has 0 aromatic heterocycles. The van der Waals surface area contributed by atoms with E-state index in [1.165, 1.54) is 12.8 Å². The highest BCUT2D eigenvalue weighted by atomic mass is 35.5. The summed E-state index contributed by atoms with van der Waals surface area (Å²) in [5.41, 5.74) is 1.64. The summed E-state index contributed by atoms with van der Waals surface area (Å²) in [6.45, 7) is 1.96. The van der Waals surface area contributed by atoms with Crippen molar-refractivity contribution in [3.8, 4) is 0 Å². The number of nitrogens with one attached hydrogen (secondary N) is 3. The lowest BCUT2D eigenvalue weighted by Crippen LogP contribution is -2.53. The zero-order chi connectivity index (χ0) is 18.5. The molecule has 3 atom stereocenters. The molecule has 3 rings (SSSR count). The molecule has 0 aliphatic carbocycles. The molecule has 150 valence electrons. The minimum absolute atomic E-state index is 0. The van der Waals surface area contributed by atoms with Crippen molar-refractivity contribution in [3.63, 3.8) is 0 Å². The monoisotopic (exact) mass is 411 g/mol. The van der Waals surface area contributed by atoms with Gasteiger partial charge < -0.3 is 16.0 Å². The summed E-state index contributed by atoms with van der Waals surface area (Å²) in [4.78, 5) is 25.4. The average molecular weight is 412 g/mol. The molecule has 2 bridgehead atoms. The normalized spacial score (nSPS) is 24.6. The predicted molar refractivity (Wildman–Crippen MR) is 114 cm³/mol. The topological polar surface area (TPSA) is 70.2 Å². The van der Waals surface area contributed by atoms with Gasteiger partial charge in [-0.2, -0.15) is 11.8 Å². The van der Waals surface area contributed by atoms with Gasteiger partial charge >= 0.3 is 0 Å². The molecule has 0 radical (unpaired) electrons. The molecular weight excluding hydrogens is 382 g/mol. The van der Waals surface area contributed by atoms with Crippen molar-refractivity contribution in [1.82, 2.24) is 16.0 Å². The van der Waals surface area contributed by atoms with Gasteiger partial charge in [-0.3, -0.25) is 9.59 Å². The first kappa shape index (κ1) is 22.1. The zero-order valence-corrected chi connectivity index (χ0v) is 17.6. The van der Waals surface area contributed by atoms with E-state index < -0.39 is 6.04 Å². The van der Waals surface area contributed by atoms with E-state index in [9.17, 15) is 9.59 Å². The molecule has 5 nitrogen and oxygen atoms in total. The van der Waals surface area contributed by atoms with Crippen molar-refractivity contribution in [1.29, 1.82) is 0 Å². The summed E-state index contributed by atoms with van der Waals surface area (Å²) in [6.07, 6.45) is 7.05. The van der Waals surface area contributed by atoms with Gasteiger partial charge in [-0.1, -0.05) is 17.7 Å². The van der Waals surface area contributed by atoms with Crippen molar-refractivity contribution in [3.05, 3.63) is 35.4 Å². The first-order chi connectivity index (χ1) is 12.5. The number of thioether (sulfide) groups is 1. The molecule has 1 aromatic carbocycles. The minimum atomic E-state index is -0.483. The maximum absolute atomic E-state index is 12.8. The average Bonchev–Trinajstić information content (AvgIpc) is 2.96. The van der Waals surface area contributed by atoms with Crippen molar-refractivity contribution < 1.29 is 9.59 Å². The summed E-state index contributed by atoms with van der Waals surface area (Å²) in [5.74, 6) is 0.607. The van der Waals surface area contributed by atoms with Crippen molar-refractivity contribution >= 4 is 36.0 Å². The van der Waals surface area contributed by atoms with E-state index in [-0.39, 0.29) is 30.3 Å². The third-order valence-corrected chi connectivity index (χ3v) is 5.98. The zero-order valence-electron chi connectivity index (χ0n) is 16.0. The Morgan fingerprint density at radius 1 is 1.26 bits per heavy atom. The number of hydrogen-bond donors (Lipinski definition) is 3. The van der Waals surface area contributed by atoms with Crippen LogP contribution in [0.15, 0.2) is 24.3 Å². The summed E-state index contributed by atoms with van der Waals surface area (Å²) in [5, 5.41) is 9.73. The Hall–Kier alpha value is -1.24. The van der Waals surface area contributed by atoms with Crippen molar-refractivity contribution in [2.24, 2.45) is 0 Å². The smallest absolute Gasteiger partial charge is 0.251 e. The molecule has 0 saturated carbocycles. The Morgan fingerprint density at radius 2 is 1.96 bits per heavy atom. The van der Waals surface area contributed by atoms with Crippen LogP contribution in [0.4, 0.5) is 0 Å². The highest BCUT2D eigenvalue weighted by Crippen LogP contribution is 2.26. The number of halogens is 1. The second-order valence-corrected chi connectivity index (χ2v) is 8.48. The highest BCUT2D eigenvalue weighted by molar-refractivity contribution is 7.98. The fourth-order valence-electron chi connectivity index (χ4n) is 4.01. The lowest BCUT2D eigenvalue weighted by atomic mass is 9.99. The molecule has 27 heavy (non-hydrogen) atoms. The molecule has 2 aliphatic heterocycles. The first-order valence-electron chi connectivity index (χ1n) is 9.48. The van der Waals surface area contributed by atoms with Crippen molar-refractivity contribution in [2.45, 2.75) is 63.2 Å². The summed E-state index contributed by atoms with van der Waals surface area (Å²) >= 11 is 1.69. The molecule has 3 N–H and O–H groups in total. The number of carbonyl (C=O) groups is 2. The summed E-state index contributed by atoms with van der Waals surface area (Å²) < 4.78 is 0. The van der Waals surface area contributed by atoms with E-state index in [1.807, 2.05) is 31.4 Å². The molecule has 2 aliphatic rings. The summed E-state index contributed by atoms with van der Waals surface area (Å²) in [6, 6.07) is 8.26. The van der Waals surface area contributed by atoms with E-state index >= 15 is 0 Å². The van der Waals surface area contributed by atoms with E-state index in [4.69, 9.17) is 0 Å². The number of rotatable bonds is 7. The Balaban J connectivity index is 0.00000261. The number of hydrogen-bond acceptors (Lipinski definition) is 4. The van der Waals surface area contributed by atoms with Gasteiger partial charge in [0.2, 0.25) is 5.91 Å².